The molecule has 0 saturated heterocycles. The van der Waals surface area contributed by atoms with Crippen molar-refractivity contribution in [2.24, 2.45) is 0 Å². The van der Waals surface area contributed by atoms with E-state index >= 15 is 0 Å². The van der Waals surface area contributed by atoms with Crippen molar-refractivity contribution < 1.29 is 8.78 Å². The van der Waals surface area contributed by atoms with Gasteiger partial charge in [-0.2, -0.15) is 0 Å². The van der Waals surface area contributed by atoms with Crippen molar-refractivity contribution in [3.8, 4) is 0 Å². The number of hydrogen-bond donors (Lipinski definition) is 0. The van der Waals surface area contributed by atoms with Gasteiger partial charge >= 0.3 is 0 Å². The first-order valence-corrected chi connectivity index (χ1v) is 4.41. The fourth-order valence-electron chi connectivity index (χ4n) is 1.07. The van der Waals surface area contributed by atoms with Crippen LogP contribution in [0.5, 0.6) is 0 Å². The van der Waals surface area contributed by atoms with Gasteiger partial charge in [-0.25, -0.2) is 8.78 Å². The molecule has 0 N–H and O–H groups in total. The third kappa shape index (κ3) is 3.46. The minimum Gasteiger partial charge on any atom is -0.256 e. The molecule has 0 radical (unpaired) electrons. The van der Waals surface area contributed by atoms with Crippen LogP contribution in [0.1, 0.15) is 12.6 Å². The van der Waals surface area contributed by atoms with Crippen LogP contribution in [0.15, 0.2) is 54.8 Å². The van der Waals surface area contributed by atoms with Gasteiger partial charge in [-0.05, 0) is 31.2 Å². The minimum absolute atomic E-state index is 0.259. The van der Waals surface area contributed by atoms with Gasteiger partial charge in [0.1, 0.15) is 11.7 Å². The summed E-state index contributed by atoms with van der Waals surface area (Å²) in [6.45, 7) is 4.36. The lowest BCUT2D eigenvalue weighted by Gasteiger charge is -2.01. The highest BCUT2D eigenvalue weighted by molar-refractivity contribution is 5.73. The fraction of sp³-hybridized carbons (Fsp3) is 0.0833. The molecule has 0 aliphatic carbocycles. The Bertz CT molecular complexity index is 401. The monoisotopic (exact) mass is 207 g/mol. The smallest absolute Gasteiger partial charge is 0.116 e. The van der Waals surface area contributed by atoms with Crippen LogP contribution < -0.4 is 0 Å². The molecule has 0 aromatic carbocycles. The number of allylic oxidation sites excluding steroid dienone is 5. The molecule has 0 amide bonds. The molecular formula is C12H11F2N. The predicted molar refractivity (Wildman–Crippen MR) is 57.3 cm³/mol. The van der Waals surface area contributed by atoms with Crippen molar-refractivity contribution >= 4 is 5.57 Å². The Hall–Kier alpha value is -1.77. The van der Waals surface area contributed by atoms with Crippen molar-refractivity contribution in [2.75, 3.05) is 0 Å². The van der Waals surface area contributed by atoms with E-state index in [9.17, 15) is 8.78 Å². The van der Waals surface area contributed by atoms with Crippen LogP contribution in [0.25, 0.3) is 5.57 Å². The van der Waals surface area contributed by atoms with Crippen LogP contribution in [-0.4, -0.2) is 4.98 Å². The average molecular weight is 207 g/mol. The van der Waals surface area contributed by atoms with Gasteiger partial charge in [-0.15, -0.1) is 0 Å². The van der Waals surface area contributed by atoms with E-state index in [4.69, 9.17) is 0 Å². The zero-order valence-corrected chi connectivity index (χ0v) is 8.37. The molecule has 0 fully saturated rings. The van der Waals surface area contributed by atoms with E-state index in [2.05, 4.69) is 11.6 Å². The second kappa shape index (κ2) is 5.20. The van der Waals surface area contributed by atoms with Gasteiger partial charge < -0.3 is 0 Å². The first-order valence-electron chi connectivity index (χ1n) is 4.41. The zero-order chi connectivity index (χ0) is 11.3. The van der Waals surface area contributed by atoms with Crippen molar-refractivity contribution in [1.82, 2.24) is 4.98 Å². The van der Waals surface area contributed by atoms with E-state index in [1.54, 1.807) is 24.4 Å². The third-order valence-corrected chi connectivity index (χ3v) is 1.74. The van der Waals surface area contributed by atoms with E-state index < -0.39 is 11.7 Å². The van der Waals surface area contributed by atoms with Gasteiger partial charge in [-0.3, -0.25) is 4.98 Å². The molecule has 1 aromatic heterocycles. The maximum atomic E-state index is 13.1. The number of halogens is 2. The molecule has 78 valence electrons. The Morgan fingerprint density at radius 1 is 1.33 bits per heavy atom. The van der Waals surface area contributed by atoms with Crippen LogP contribution >= 0.6 is 0 Å². The maximum Gasteiger partial charge on any atom is 0.116 e. The van der Waals surface area contributed by atoms with Crippen molar-refractivity contribution in [3.63, 3.8) is 0 Å². The van der Waals surface area contributed by atoms with Gasteiger partial charge in [-0.1, -0.05) is 12.6 Å². The number of aromatic nitrogens is 1. The van der Waals surface area contributed by atoms with E-state index in [0.29, 0.717) is 5.69 Å². The van der Waals surface area contributed by atoms with Crippen LogP contribution in [0.2, 0.25) is 0 Å². The summed E-state index contributed by atoms with van der Waals surface area (Å²) in [6, 6.07) is 5.12. The quantitative estimate of drug-likeness (QED) is 0.686. The summed E-state index contributed by atoms with van der Waals surface area (Å²) >= 11 is 0. The Morgan fingerprint density at radius 3 is 2.53 bits per heavy atom. The lowest BCUT2D eigenvalue weighted by atomic mass is 10.1. The Labute approximate surface area is 87.5 Å². The van der Waals surface area contributed by atoms with Gasteiger partial charge in [0.05, 0.1) is 5.69 Å². The van der Waals surface area contributed by atoms with Gasteiger partial charge in [0.2, 0.25) is 0 Å². The first-order chi connectivity index (χ1) is 7.11. The molecule has 15 heavy (non-hydrogen) atoms. The van der Waals surface area contributed by atoms with Crippen LogP contribution in [-0.2, 0) is 0 Å². The highest BCUT2D eigenvalue weighted by Gasteiger charge is 2.03. The number of hydrogen-bond acceptors (Lipinski definition) is 1. The summed E-state index contributed by atoms with van der Waals surface area (Å²) in [6.07, 6.45) is 3.98. The fourth-order valence-corrected chi connectivity index (χ4v) is 1.07. The molecule has 0 saturated carbocycles. The van der Waals surface area contributed by atoms with E-state index in [1.807, 2.05) is 0 Å². The average Bonchev–Trinajstić information content (AvgIpc) is 2.18. The summed E-state index contributed by atoms with van der Waals surface area (Å²) in [5.41, 5.74) is 0.726. The Balaban J connectivity index is 3.07. The topological polar surface area (TPSA) is 12.9 Å². The van der Waals surface area contributed by atoms with E-state index in [1.165, 1.54) is 13.0 Å². The second-order valence-corrected chi connectivity index (χ2v) is 2.94. The molecule has 1 rings (SSSR count). The summed E-state index contributed by atoms with van der Waals surface area (Å²) in [5, 5.41) is 0. The van der Waals surface area contributed by atoms with Crippen molar-refractivity contribution in [2.45, 2.75) is 6.92 Å². The number of rotatable bonds is 3. The largest absolute Gasteiger partial charge is 0.256 e. The maximum absolute atomic E-state index is 13.1. The Morgan fingerprint density at radius 2 is 2.07 bits per heavy atom. The highest BCUT2D eigenvalue weighted by Crippen LogP contribution is 2.19. The van der Waals surface area contributed by atoms with Crippen molar-refractivity contribution in [3.05, 3.63) is 60.5 Å². The molecule has 0 atom stereocenters. The number of pyridine rings is 1. The molecule has 0 bridgehead atoms. The summed E-state index contributed by atoms with van der Waals surface area (Å²) in [4.78, 5) is 3.98. The summed E-state index contributed by atoms with van der Waals surface area (Å²) < 4.78 is 25.5. The third-order valence-electron chi connectivity index (χ3n) is 1.74. The molecule has 0 spiro atoms. The summed E-state index contributed by atoms with van der Waals surface area (Å²) in [7, 11) is 0. The van der Waals surface area contributed by atoms with Gasteiger partial charge in [0.25, 0.3) is 0 Å². The molecule has 1 heterocycles. The molecule has 1 nitrogen and oxygen atoms in total. The van der Waals surface area contributed by atoms with Gasteiger partial charge in [0, 0.05) is 11.8 Å². The Kier molecular flexibility index (Phi) is 3.92. The lowest BCUT2D eigenvalue weighted by molar-refractivity contribution is 0.644. The summed E-state index contributed by atoms with van der Waals surface area (Å²) in [5.74, 6) is -1.03. The first kappa shape index (κ1) is 11.3. The van der Waals surface area contributed by atoms with Crippen molar-refractivity contribution in [1.29, 1.82) is 0 Å². The van der Waals surface area contributed by atoms with Crippen LogP contribution in [0, 0.1) is 0 Å². The molecule has 0 aliphatic heterocycles. The number of nitrogens with zero attached hydrogens (tertiary/aromatic N) is 1. The molecule has 3 heteroatoms. The van der Waals surface area contributed by atoms with Crippen LogP contribution in [0.4, 0.5) is 8.78 Å². The molecule has 0 unspecified atom stereocenters. The van der Waals surface area contributed by atoms with Crippen LogP contribution in [0.3, 0.4) is 0 Å². The van der Waals surface area contributed by atoms with E-state index in [-0.39, 0.29) is 5.57 Å². The second-order valence-electron chi connectivity index (χ2n) is 2.94. The molecular weight excluding hydrogens is 196 g/mol. The SMILES string of the molecule is C=C(F)/C=C\C(=C(/C)F)c1ccccn1. The standard InChI is InChI=1S/C12H11F2N/c1-9(13)6-7-11(10(2)14)12-5-3-4-8-15-12/h3-8H,1H2,2H3/b7-6-,11-10-. The molecule has 0 aliphatic rings. The van der Waals surface area contributed by atoms with Gasteiger partial charge in [0.15, 0.2) is 0 Å². The molecule has 1 aromatic rings. The van der Waals surface area contributed by atoms with E-state index in [0.717, 1.165) is 6.08 Å². The lowest BCUT2D eigenvalue weighted by Crippen LogP contribution is -1.87. The predicted octanol–water partition coefficient (Wildman–Crippen LogP) is 3.82. The minimum atomic E-state index is -0.621. The highest BCUT2D eigenvalue weighted by atomic mass is 19.1. The zero-order valence-electron chi connectivity index (χ0n) is 8.37. The normalized spacial score (nSPS) is 12.7.